The molecule has 4 nitrogen and oxygen atoms in total. The van der Waals surface area contributed by atoms with Gasteiger partial charge in [-0.25, -0.2) is 9.97 Å². The van der Waals surface area contributed by atoms with E-state index >= 15 is 0 Å². The van der Waals surface area contributed by atoms with Crippen molar-refractivity contribution in [2.24, 2.45) is 5.73 Å². The maximum absolute atomic E-state index is 5.92. The van der Waals surface area contributed by atoms with Gasteiger partial charge in [-0.15, -0.1) is 11.3 Å². The Hall–Kier alpha value is -1.20. The molecular weight excluding hydrogens is 184 g/mol. The first-order chi connectivity index (χ1) is 6.27. The Labute approximate surface area is 79.8 Å². The van der Waals surface area contributed by atoms with Crippen LogP contribution in [0.25, 0.3) is 0 Å². The van der Waals surface area contributed by atoms with E-state index in [1.54, 1.807) is 23.7 Å². The topological polar surface area (TPSA) is 67.6 Å². The lowest BCUT2D eigenvalue weighted by molar-refractivity contribution is 0.775. The number of hydrogen-bond donors (Lipinski definition) is 2. The highest BCUT2D eigenvalue weighted by Crippen LogP contribution is 2.17. The standard InChI is InChI=1S/C8H10N4S/c1-5-12-6(4-13-5)7(9)8-10-2-3-11-8/h2-4,7H,9H2,1H3,(H,10,11). The van der Waals surface area contributed by atoms with E-state index in [-0.39, 0.29) is 6.04 Å². The summed E-state index contributed by atoms with van der Waals surface area (Å²) in [6.45, 7) is 1.96. The van der Waals surface area contributed by atoms with E-state index in [0.29, 0.717) is 0 Å². The second-order valence-corrected chi connectivity index (χ2v) is 3.81. The summed E-state index contributed by atoms with van der Waals surface area (Å²) in [5.41, 5.74) is 6.80. The Kier molecular flexibility index (Phi) is 2.12. The molecule has 68 valence electrons. The molecule has 0 aromatic carbocycles. The molecule has 13 heavy (non-hydrogen) atoms. The number of imidazole rings is 1. The Morgan fingerprint density at radius 1 is 1.62 bits per heavy atom. The Balaban J connectivity index is 2.28. The van der Waals surface area contributed by atoms with Crippen LogP contribution in [-0.4, -0.2) is 15.0 Å². The normalized spacial score (nSPS) is 13.1. The SMILES string of the molecule is Cc1nc(C(N)c2ncc[nH]2)cs1. The molecule has 0 bridgehead atoms. The molecule has 2 aromatic rings. The van der Waals surface area contributed by atoms with Gasteiger partial charge in [0.1, 0.15) is 11.9 Å². The summed E-state index contributed by atoms with van der Waals surface area (Å²) >= 11 is 1.60. The number of H-pyrrole nitrogens is 1. The third kappa shape index (κ3) is 1.61. The number of aryl methyl sites for hydroxylation is 1. The minimum Gasteiger partial charge on any atom is -0.347 e. The summed E-state index contributed by atoms with van der Waals surface area (Å²) in [5, 5.41) is 2.99. The summed E-state index contributed by atoms with van der Waals surface area (Å²) in [6, 6.07) is -0.236. The van der Waals surface area contributed by atoms with Gasteiger partial charge < -0.3 is 10.7 Å². The molecule has 1 unspecified atom stereocenters. The Morgan fingerprint density at radius 2 is 2.46 bits per heavy atom. The second kappa shape index (κ2) is 3.27. The van der Waals surface area contributed by atoms with E-state index in [1.807, 2.05) is 12.3 Å². The van der Waals surface area contributed by atoms with Crippen molar-refractivity contribution in [3.8, 4) is 0 Å². The molecule has 3 N–H and O–H groups in total. The number of aromatic nitrogens is 3. The predicted octanol–water partition coefficient (Wildman–Crippen LogP) is 1.22. The molecule has 0 spiro atoms. The largest absolute Gasteiger partial charge is 0.347 e. The molecule has 5 heteroatoms. The summed E-state index contributed by atoms with van der Waals surface area (Å²) in [4.78, 5) is 11.4. The summed E-state index contributed by atoms with van der Waals surface area (Å²) in [5.74, 6) is 0.755. The Bertz CT molecular complexity index is 379. The van der Waals surface area contributed by atoms with Crippen LogP contribution in [0.15, 0.2) is 17.8 Å². The van der Waals surface area contributed by atoms with Crippen molar-refractivity contribution in [1.29, 1.82) is 0 Å². The van der Waals surface area contributed by atoms with Crippen molar-refractivity contribution < 1.29 is 0 Å². The number of nitrogens with zero attached hydrogens (tertiary/aromatic N) is 2. The predicted molar refractivity (Wildman–Crippen MR) is 51.5 cm³/mol. The lowest BCUT2D eigenvalue weighted by atomic mass is 10.2. The highest BCUT2D eigenvalue weighted by Gasteiger charge is 2.13. The molecule has 0 aliphatic heterocycles. The highest BCUT2D eigenvalue weighted by atomic mass is 32.1. The minimum absolute atomic E-state index is 0.236. The number of thiazole rings is 1. The van der Waals surface area contributed by atoms with Crippen molar-refractivity contribution in [1.82, 2.24) is 15.0 Å². The number of nitrogens with two attached hydrogens (primary N) is 1. The van der Waals surface area contributed by atoms with Crippen molar-refractivity contribution in [2.45, 2.75) is 13.0 Å². The van der Waals surface area contributed by atoms with E-state index in [4.69, 9.17) is 5.73 Å². The Morgan fingerprint density at radius 3 is 3.00 bits per heavy atom. The molecule has 0 fully saturated rings. The summed E-state index contributed by atoms with van der Waals surface area (Å²) in [7, 11) is 0. The molecule has 0 saturated carbocycles. The quantitative estimate of drug-likeness (QED) is 0.755. The van der Waals surface area contributed by atoms with E-state index in [9.17, 15) is 0 Å². The van der Waals surface area contributed by atoms with Crippen LogP contribution in [0.1, 0.15) is 22.6 Å². The third-order valence-electron chi connectivity index (χ3n) is 1.77. The van der Waals surface area contributed by atoms with Crippen LogP contribution in [0.5, 0.6) is 0 Å². The van der Waals surface area contributed by atoms with Crippen LogP contribution >= 0.6 is 11.3 Å². The van der Waals surface area contributed by atoms with Crippen LogP contribution in [0.4, 0.5) is 0 Å². The molecule has 0 aliphatic carbocycles. The monoisotopic (exact) mass is 194 g/mol. The number of hydrogen-bond acceptors (Lipinski definition) is 4. The zero-order valence-corrected chi connectivity index (χ0v) is 8.01. The van der Waals surface area contributed by atoms with Crippen molar-refractivity contribution >= 4 is 11.3 Å². The summed E-state index contributed by atoms with van der Waals surface area (Å²) < 4.78 is 0. The first kappa shape index (κ1) is 8.40. The van der Waals surface area contributed by atoms with Gasteiger partial charge in [-0.1, -0.05) is 0 Å². The number of rotatable bonds is 2. The fourth-order valence-corrected chi connectivity index (χ4v) is 1.76. The van der Waals surface area contributed by atoms with Crippen molar-refractivity contribution in [3.63, 3.8) is 0 Å². The molecule has 0 radical (unpaired) electrons. The van der Waals surface area contributed by atoms with E-state index in [0.717, 1.165) is 16.5 Å². The maximum atomic E-state index is 5.92. The van der Waals surface area contributed by atoms with Gasteiger partial charge in [0.25, 0.3) is 0 Å². The zero-order valence-electron chi connectivity index (χ0n) is 7.19. The van der Waals surface area contributed by atoms with Crippen LogP contribution in [0.2, 0.25) is 0 Å². The van der Waals surface area contributed by atoms with Gasteiger partial charge in [-0.05, 0) is 6.92 Å². The first-order valence-electron chi connectivity index (χ1n) is 3.94. The smallest absolute Gasteiger partial charge is 0.129 e. The van der Waals surface area contributed by atoms with Crippen molar-refractivity contribution in [3.05, 3.63) is 34.3 Å². The zero-order chi connectivity index (χ0) is 9.26. The van der Waals surface area contributed by atoms with Crippen LogP contribution in [-0.2, 0) is 0 Å². The lowest BCUT2D eigenvalue weighted by Gasteiger charge is -2.03. The number of aromatic amines is 1. The average Bonchev–Trinajstić information content (AvgIpc) is 2.72. The number of nitrogens with one attached hydrogen (secondary N) is 1. The van der Waals surface area contributed by atoms with Crippen LogP contribution in [0, 0.1) is 6.92 Å². The fourth-order valence-electron chi connectivity index (χ4n) is 1.11. The van der Waals surface area contributed by atoms with Crippen LogP contribution < -0.4 is 5.73 Å². The van der Waals surface area contributed by atoms with E-state index in [2.05, 4.69) is 15.0 Å². The molecule has 1 atom stereocenters. The van der Waals surface area contributed by atoms with Gasteiger partial charge >= 0.3 is 0 Å². The van der Waals surface area contributed by atoms with Gasteiger partial charge in [0.15, 0.2) is 0 Å². The molecule has 0 amide bonds. The average molecular weight is 194 g/mol. The summed E-state index contributed by atoms with van der Waals surface area (Å²) in [6.07, 6.45) is 3.45. The fraction of sp³-hybridized carbons (Fsp3) is 0.250. The lowest BCUT2D eigenvalue weighted by Crippen LogP contribution is -2.13. The van der Waals surface area contributed by atoms with Gasteiger partial charge in [0.05, 0.1) is 10.7 Å². The van der Waals surface area contributed by atoms with E-state index in [1.165, 1.54) is 0 Å². The maximum Gasteiger partial charge on any atom is 0.129 e. The molecular formula is C8H10N4S. The molecule has 0 saturated heterocycles. The van der Waals surface area contributed by atoms with Gasteiger partial charge in [0, 0.05) is 17.8 Å². The minimum atomic E-state index is -0.236. The molecule has 2 heterocycles. The molecule has 0 aliphatic rings. The third-order valence-corrected chi connectivity index (χ3v) is 2.56. The van der Waals surface area contributed by atoms with Gasteiger partial charge in [-0.2, -0.15) is 0 Å². The second-order valence-electron chi connectivity index (χ2n) is 2.74. The van der Waals surface area contributed by atoms with E-state index < -0.39 is 0 Å². The molecule has 2 aromatic heterocycles. The first-order valence-corrected chi connectivity index (χ1v) is 4.82. The van der Waals surface area contributed by atoms with Crippen molar-refractivity contribution in [2.75, 3.05) is 0 Å². The highest BCUT2D eigenvalue weighted by molar-refractivity contribution is 7.09. The van der Waals surface area contributed by atoms with Gasteiger partial charge in [0.2, 0.25) is 0 Å². The van der Waals surface area contributed by atoms with Gasteiger partial charge in [-0.3, -0.25) is 0 Å². The molecule has 2 rings (SSSR count). The van der Waals surface area contributed by atoms with Crippen LogP contribution in [0.3, 0.4) is 0 Å².